The summed E-state index contributed by atoms with van der Waals surface area (Å²) in [6.07, 6.45) is -0.234. The number of nitrogens with zero attached hydrogens (tertiary/aromatic N) is 1. The number of benzene rings is 1. The standard InChI is InChI=1S/C28H47N9O9/c1-15(39)22(30)26(44)37-21(14-38)25(43)34-18(5-2-3-11-29)23(41)36-20(13-16-7-9-17(40)10-8-16)24(42)35-19(27(45)46)6-4-12-33-28(31)32/h7-10,15,18-22,38-40H,2-6,11-14,29-30H2,1H3,(H,34,43)(H,35,42)(H,36,41)(H,37,44)(H,45,46)(H4,31,32,33). The summed E-state index contributed by atoms with van der Waals surface area (Å²) in [6.45, 7) is 0.833. The molecule has 4 amide bonds. The molecule has 1 aromatic carbocycles. The number of phenols is 1. The first-order valence-corrected chi connectivity index (χ1v) is 14.7. The second-order valence-corrected chi connectivity index (χ2v) is 10.6. The Bertz CT molecular complexity index is 1180. The fourth-order valence-corrected chi connectivity index (χ4v) is 4.10. The van der Waals surface area contributed by atoms with E-state index in [4.69, 9.17) is 22.9 Å². The highest BCUT2D eigenvalue weighted by Crippen LogP contribution is 2.13. The third kappa shape index (κ3) is 14.5. The number of aliphatic carboxylic acids is 1. The van der Waals surface area contributed by atoms with Crippen molar-refractivity contribution in [1.82, 2.24) is 21.3 Å². The van der Waals surface area contributed by atoms with Crippen molar-refractivity contribution in [2.24, 2.45) is 27.9 Å². The van der Waals surface area contributed by atoms with Crippen LogP contribution in [0.15, 0.2) is 29.3 Å². The Labute approximate surface area is 266 Å². The summed E-state index contributed by atoms with van der Waals surface area (Å²) in [7, 11) is 0. The zero-order valence-electron chi connectivity index (χ0n) is 25.7. The van der Waals surface area contributed by atoms with E-state index in [1.807, 2.05) is 0 Å². The molecular weight excluding hydrogens is 606 g/mol. The van der Waals surface area contributed by atoms with Crippen molar-refractivity contribution >= 4 is 35.6 Å². The SMILES string of the molecule is CC(O)C(N)C(=O)NC(CO)C(=O)NC(CCCCN)C(=O)NC(Cc1ccc(O)cc1)C(=O)NC(CCCN=C(N)N)C(=O)O. The lowest BCUT2D eigenvalue weighted by Crippen LogP contribution is -2.60. The van der Waals surface area contributed by atoms with E-state index >= 15 is 0 Å². The Morgan fingerprint density at radius 1 is 0.804 bits per heavy atom. The van der Waals surface area contributed by atoms with Crippen LogP contribution in [-0.2, 0) is 30.4 Å². The summed E-state index contributed by atoms with van der Waals surface area (Å²) in [5.41, 5.74) is 22.3. The van der Waals surface area contributed by atoms with Crippen LogP contribution < -0.4 is 44.2 Å². The molecule has 258 valence electrons. The van der Waals surface area contributed by atoms with Crippen molar-refractivity contribution in [3.8, 4) is 5.75 Å². The van der Waals surface area contributed by atoms with E-state index < -0.39 is 72.5 Å². The molecular formula is C28H47N9O9. The largest absolute Gasteiger partial charge is 0.508 e. The molecule has 18 nitrogen and oxygen atoms in total. The van der Waals surface area contributed by atoms with Gasteiger partial charge in [-0.2, -0.15) is 0 Å². The fraction of sp³-hybridized carbons (Fsp3) is 0.571. The highest BCUT2D eigenvalue weighted by Gasteiger charge is 2.32. The third-order valence-electron chi connectivity index (χ3n) is 6.79. The molecule has 6 atom stereocenters. The van der Waals surface area contributed by atoms with Crippen LogP contribution in [0.5, 0.6) is 5.75 Å². The van der Waals surface area contributed by atoms with Crippen molar-refractivity contribution in [2.75, 3.05) is 19.7 Å². The average molecular weight is 654 g/mol. The summed E-state index contributed by atoms with van der Waals surface area (Å²) < 4.78 is 0. The molecule has 6 unspecified atom stereocenters. The van der Waals surface area contributed by atoms with Crippen LogP contribution in [0.2, 0.25) is 0 Å². The number of aliphatic hydroxyl groups excluding tert-OH is 2. The number of rotatable bonds is 21. The summed E-state index contributed by atoms with van der Waals surface area (Å²) >= 11 is 0. The maximum absolute atomic E-state index is 13.5. The molecule has 0 saturated carbocycles. The molecule has 0 saturated heterocycles. The number of unbranched alkanes of at least 4 members (excludes halogenated alkanes) is 1. The van der Waals surface area contributed by atoms with Gasteiger partial charge >= 0.3 is 5.97 Å². The number of guanidine groups is 1. The highest BCUT2D eigenvalue weighted by atomic mass is 16.4. The molecule has 0 bridgehead atoms. The molecule has 0 aliphatic heterocycles. The monoisotopic (exact) mass is 653 g/mol. The van der Waals surface area contributed by atoms with Gasteiger partial charge in [-0.1, -0.05) is 12.1 Å². The van der Waals surface area contributed by atoms with Gasteiger partial charge in [-0.25, -0.2) is 4.79 Å². The van der Waals surface area contributed by atoms with Gasteiger partial charge in [0.2, 0.25) is 23.6 Å². The molecule has 0 heterocycles. The predicted molar refractivity (Wildman–Crippen MR) is 167 cm³/mol. The maximum Gasteiger partial charge on any atom is 0.326 e. The number of hydrogen-bond acceptors (Lipinski definition) is 11. The molecule has 0 aliphatic rings. The molecule has 46 heavy (non-hydrogen) atoms. The van der Waals surface area contributed by atoms with Crippen LogP contribution in [0.1, 0.15) is 44.6 Å². The van der Waals surface area contributed by atoms with Crippen LogP contribution in [0.25, 0.3) is 0 Å². The number of nitrogens with one attached hydrogen (secondary N) is 4. The Morgan fingerprint density at radius 2 is 1.33 bits per heavy atom. The zero-order chi connectivity index (χ0) is 34.8. The van der Waals surface area contributed by atoms with E-state index in [-0.39, 0.29) is 43.9 Å². The van der Waals surface area contributed by atoms with E-state index in [0.29, 0.717) is 24.9 Å². The van der Waals surface area contributed by atoms with Gasteiger partial charge in [0, 0.05) is 13.0 Å². The Hall–Kier alpha value is -4.52. The second kappa shape index (κ2) is 20.5. The second-order valence-electron chi connectivity index (χ2n) is 10.6. The number of amides is 4. The van der Waals surface area contributed by atoms with Crippen LogP contribution in [0.4, 0.5) is 0 Å². The first kappa shape index (κ1) is 39.5. The van der Waals surface area contributed by atoms with E-state index in [0.717, 1.165) is 0 Å². The van der Waals surface area contributed by atoms with Gasteiger partial charge in [-0.05, 0) is 63.3 Å². The van der Waals surface area contributed by atoms with Gasteiger partial charge in [0.1, 0.15) is 36.0 Å². The van der Waals surface area contributed by atoms with Gasteiger partial charge in [0.05, 0.1) is 12.7 Å². The molecule has 1 rings (SSSR count). The van der Waals surface area contributed by atoms with Crippen molar-refractivity contribution in [3.05, 3.63) is 29.8 Å². The molecule has 0 aliphatic carbocycles. The number of carbonyl (C=O) groups excluding carboxylic acids is 4. The minimum absolute atomic E-state index is 0.0253. The van der Waals surface area contributed by atoms with Gasteiger partial charge in [-0.3, -0.25) is 24.2 Å². The zero-order valence-corrected chi connectivity index (χ0v) is 25.7. The predicted octanol–water partition coefficient (Wildman–Crippen LogP) is -4.16. The van der Waals surface area contributed by atoms with Crippen LogP contribution in [0.3, 0.4) is 0 Å². The summed E-state index contributed by atoms with van der Waals surface area (Å²) in [6, 6.07) is -1.07. The van der Waals surface area contributed by atoms with E-state index in [9.17, 15) is 44.4 Å². The normalized spacial score (nSPS) is 14.8. The summed E-state index contributed by atoms with van der Waals surface area (Å²) in [5.74, 6) is -5.03. The Morgan fingerprint density at radius 3 is 1.87 bits per heavy atom. The minimum atomic E-state index is -1.52. The lowest BCUT2D eigenvalue weighted by molar-refractivity contribution is -0.142. The summed E-state index contributed by atoms with van der Waals surface area (Å²) in [4.78, 5) is 67.8. The molecule has 0 radical (unpaired) electrons. The molecule has 0 aromatic heterocycles. The number of carbonyl (C=O) groups is 5. The number of carboxylic acids is 1. The number of aromatic hydroxyl groups is 1. The first-order valence-electron chi connectivity index (χ1n) is 14.7. The Balaban J connectivity index is 3.21. The molecule has 16 N–H and O–H groups in total. The molecule has 1 aromatic rings. The van der Waals surface area contributed by atoms with E-state index in [1.165, 1.54) is 31.2 Å². The smallest absolute Gasteiger partial charge is 0.326 e. The number of hydrogen-bond donors (Lipinski definition) is 12. The van der Waals surface area contributed by atoms with Crippen molar-refractivity contribution in [3.63, 3.8) is 0 Å². The van der Waals surface area contributed by atoms with Gasteiger partial charge < -0.3 is 64.6 Å². The lowest BCUT2D eigenvalue weighted by Gasteiger charge is -2.26. The van der Waals surface area contributed by atoms with Gasteiger partial charge in [0.15, 0.2) is 5.96 Å². The Kier molecular flexibility index (Phi) is 17.6. The van der Waals surface area contributed by atoms with Crippen molar-refractivity contribution in [2.45, 2.75) is 81.8 Å². The topological polar surface area (TPSA) is 331 Å². The molecule has 0 spiro atoms. The lowest BCUT2D eigenvalue weighted by atomic mass is 10.0. The third-order valence-corrected chi connectivity index (χ3v) is 6.79. The van der Waals surface area contributed by atoms with Crippen molar-refractivity contribution in [1.29, 1.82) is 0 Å². The number of carboxylic acid groups (broad SMARTS) is 1. The van der Waals surface area contributed by atoms with Crippen molar-refractivity contribution < 1.29 is 44.4 Å². The first-order chi connectivity index (χ1) is 21.7. The number of aliphatic hydroxyl groups is 2. The van der Waals surface area contributed by atoms with Gasteiger partial charge in [0.25, 0.3) is 0 Å². The number of nitrogens with two attached hydrogens (primary N) is 4. The fourth-order valence-electron chi connectivity index (χ4n) is 4.10. The maximum atomic E-state index is 13.5. The summed E-state index contributed by atoms with van der Waals surface area (Å²) in [5, 5.41) is 48.3. The number of phenolic OH excluding ortho intramolecular Hbond substituents is 1. The highest BCUT2D eigenvalue weighted by molar-refractivity contribution is 5.95. The number of aliphatic imine (C=N–C) groups is 1. The average Bonchev–Trinajstić information content (AvgIpc) is 3.00. The van der Waals surface area contributed by atoms with Crippen LogP contribution in [-0.4, -0.2) is 112 Å². The van der Waals surface area contributed by atoms with Crippen LogP contribution in [0, 0.1) is 0 Å². The van der Waals surface area contributed by atoms with E-state index in [1.54, 1.807) is 0 Å². The molecule has 0 fully saturated rings. The van der Waals surface area contributed by atoms with E-state index in [2.05, 4.69) is 26.3 Å². The van der Waals surface area contributed by atoms with Crippen LogP contribution >= 0.6 is 0 Å². The van der Waals surface area contributed by atoms with Gasteiger partial charge in [-0.15, -0.1) is 0 Å². The quantitative estimate of drug-likeness (QED) is 0.0341. The molecule has 18 heteroatoms. The minimum Gasteiger partial charge on any atom is -0.508 e.